The zero-order chi connectivity index (χ0) is 15.9. The highest BCUT2D eigenvalue weighted by atomic mass is 16.1. The van der Waals surface area contributed by atoms with Crippen LogP contribution in [0.15, 0.2) is 24.3 Å². The predicted octanol–water partition coefficient (Wildman–Crippen LogP) is 3.55. The monoisotopic (exact) mass is 302 g/mol. The van der Waals surface area contributed by atoms with Crippen molar-refractivity contribution in [2.75, 3.05) is 20.6 Å². The molecule has 1 amide bonds. The topological polar surface area (TPSA) is 32.3 Å². The summed E-state index contributed by atoms with van der Waals surface area (Å²) in [5, 5.41) is 3.14. The van der Waals surface area contributed by atoms with Crippen molar-refractivity contribution in [2.45, 2.75) is 51.5 Å². The van der Waals surface area contributed by atoms with Crippen LogP contribution in [0, 0.1) is 5.92 Å². The standard InChI is InChI=1S/C19H30N2O/c1-4-15-9-11-17(12-10-15)18(21(2)3)14-20-19(22)13-16-7-5-6-8-16/h9-12,16,18H,4-8,13-14H2,1-3H3,(H,20,22). The number of benzene rings is 1. The normalized spacial score (nSPS) is 16.9. The molecule has 3 nitrogen and oxygen atoms in total. The van der Waals surface area contributed by atoms with Crippen molar-refractivity contribution in [1.29, 1.82) is 0 Å². The van der Waals surface area contributed by atoms with Crippen molar-refractivity contribution in [2.24, 2.45) is 5.92 Å². The van der Waals surface area contributed by atoms with E-state index in [-0.39, 0.29) is 11.9 Å². The highest BCUT2D eigenvalue weighted by Crippen LogP contribution is 2.27. The third kappa shape index (κ3) is 4.84. The molecule has 0 spiro atoms. The summed E-state index contributed by atoms with van der Waals surface area (Å²) in [6.45, 7) is 2.85. The van der Waals surface area contributed by atoms with Gasteiger partial charge in [-0.3, -0.25) is 4.79 Å². The summed E-state index contributed by atoms with van der Waals surface area (Å²) < 4.78 is 0. The Morgan fingerprint density at radius 2 is 1.86 bits per heavy atom. The first-order chi connectivity index (χ1) is 10.6. The van der Waals surface area contributed by atoms with E-state index in [9.17, 15) is 4.79 Å². The van der Waals surface area contributed by atoms with Gasteiger partial charge < -0.3 is 10.2 Å². The van der Waals surface area contributed by atoms with E-state index in [1.807, 2.05) is 0 Å². The van der Waals surface area contributed by atoms with Gasteiger partial charge in [-0.15, -0.1) is 0 Å². The summed E-state index contributed by atoms with van der Waals surface area (Å²) in [5.74, 6) is 0.825. The van der Waals surface area contributed by atoms with Crippen LogP contribution in [-0.2, 0) is 11.2 Å². The number of rotatable bonds is 7. The maximum atomic E-state index is 12.1. The second-order valence-corrected chi connectivity index (χ2v) is 6.73. The summed E-state index contributed by atoms with van der Waals surface area (Å²) in [7, 11) is 4.14. The van der Waals surface area contributed by atoms with Crippen molar-refractivity contribution < 1.29 is 4.79 Å². The van der Waals surface area contributed by atoms with Gasteiger partial charge in [0.05, 0.1) is 6.04 Å². The first-order valence-corrected chi connectivity index (χ1v) is 8.62. The fraction of sp³-hybridized carbons (Fsp3) is 0.632. The Kier molecular flexibility index (Phi) is 6.44. The van der Waals surface area contributed by atoms with Crippen LogP contribution in [0.1, 0.15) is 56.2 Å². The molecule has 1 N–H and O–H groups in total. The van der Waals surface area contributed by atoms with Crippen LogP contribution in [0.25, 0.3) is 0 Å². The molecule has 0 heterocycles. The Labute approximate surface area is 135 Å². The average Bonchev–Trinajstić information content (AvgIpc) is 3.00. The Morgan fingerprint density at radius 1 is 1.23 bits per heavy atom. The maximum absolute atomic E-state index is 12.1. The molecule has 1 aliphatic rings. The number of aryl methyl sites for hydroxylation is 1. The summed E-state index contributed by atoms with van der Waals surface area (Å²) >= 11 is 0. The van der Waals surface area contributed by atoms with Gasteiger partial charge >= 0.3 is 0 Å². The van der Waals surface area contributed by atoms with Crippen LogP contribution >= 0.6 is 0 Å². The number of nitrogens with zero attached hydrogens (tertiary/aromatic N) is 1. The lowest BCUT2D eigenvalue weighted by atomic mass is 10.0. The molecule has 1 aliphatic carbocycles. The van der Waals surface area contributed by atoms with Crippen molar-refractivity contribution >= 4 is 5.91 Å². The number of amides is 1. The molecule has 0 aliphatic heterocycles. The van der Waals surface area contributed by atoms with Crippen LogP contribution in [0.2, 0.25) is 0 Å². The van der Waals surface area contributed by atoms with Gasteiger partial charge in [0.15, 0.2) is 0 Å². The van der Waals surface area contributed by atoms with Crippen molar-refractivity contribution in [1.82, 2.24) is 10.2 Å². The SMILES string of the molecule is CCc1ccc(C(CNC(=O)CC2CCCC2)N(C)C)cc1. The van der Waals surface area contributed by atoms with E-state index in [2.05, 4.69) is 55.5 Å². The Morgan fingerprint density at radius 3 is 2.41 bits per heavy atom. The fourth-order valence-corrected chi connectivity index (χ4v) is 3.33. The van der Waals surface area contributed by atoms with Gasteiger partial charge in [-0.25, -0.2) is 0 Å². The molecule has 1 aromatic rings. The number of carbonyl (C=O) groups is 1. The zero-order valence-electron chi connectivity index (χ0n) is 14.3. The smallest absolute Gasteiger partial charge is 0.220 e. The number of likely N-dealkylation sites (N-methyl/N-ethyl adjacent to an activating group) is 1. The second kappa shape index (κ2) is 8.33. The number of hydrogen-bond acceptors (Lipinski definition) is 2. The lowest BCUT2D eigenvalue weighted by Gasteiger charge is -2.25. The first-order valence-electron chi connectivity index (χ1n) is 8.62. The van der Waals surface area contributed by atoms with Crippen molar-refractivity contribution in [3.63, 3.8) is 0 Å². The van der Waals surface area contributed by atoms with Gasteiger partial charge in [0, 0.05) is 13.0 Å². The summed E-state index contributed by atoms with van der Waals surface area (Å²) in [4.78, 5) is 14.3. The minimum Gasteiger partial charge on any atom is -0.354 e. The van der Waals surface area contributed by atoms with Gasteiger partial charge in [-0.1, -0.05) is 44.0 Å². The quantitative estimate of drug-likeness (QED) is 0.835. The maximum Gasteiger partial charge on any atom is 0.220 e. The Balaban J connectivity index is 1.89. The highest BCUT2D eigenvalue weighted by Gasteiger charge is 2.20. The van der Waals surface area contributed by atoms with Crippen molar-refractivity contribution in [3.8, 4) is 0 Å². The third-order valence-corrected chi connectivity index (χ3v) is 4.84. The second-order valence-electron chi connectivity index (χ2n) is 6.73. The average molecular weight is 302 g/mol. The van der Waals surface area contributed by atoms with E-state index in [4.69, 9.17) is 0 Å². The van der Waals surface area contributed by atoms with E-state index >= 15 is 0 Å². The van der Waals surface area contributed by atoms with Gasteiger partial charge in [0.1, 0.15) is 0 Å². The lowest BCUT2D eigenvalue weighted by Crippen LogP contribution is -2.35. The number of nitrogens with one attached hydrogen (secondary N) is 1. The molecule has 22 heavy (non-hydrogen) atoms. The van der Waals surface area contributed by atoms with Crippen LogP contribution in [0.5, 0.6) is 0 Å². The minimum absolute atomic E-state index is 0.212. The molecule has 1 atom stereocenters. The molecule has 1 saturated carbocycles. The molecule has 1 aromatic carbocycles. The molecule has 0 aromatic heterocycles. The fourth-order valence-electron chi connectivity index (χ4n) is 3.33. The zero-order valence-corrected chi connectivity index (χ0v) is 14.3. The van der Waals surface area contributed by atoms with Crippen LogP contribution in [-0.4, -0.2) is 31.4 Å². The van der Waals surface area contributed by atoms with Gasteiger partial charge in [-0.05, 0) is 50.4 Å². The molecule has 3 heteroatoms. The van der Waals surface area contributed by atoms with Crippen LogP contribution in [0.4, 0.5) is 0 Å². The highest BCUT2D eigenvalue weighted by molar-refractivity contribution is 5.76. The van der Waals surface area contributed by atoms with E-state index in [0.29, 0.717) is 18.9 Å². The minimum atomic E-state index is 0.212. The molecule has 2 rings (SSSR count). The van der Waals surface area contributed by atoms with Gasteiger partial charge in [0.25, 0.3) is 0 Å². The van der Waals surface area contributed by atoms with E-state index in [0.717, 1.165) is 6.42 Å². The largest absolute Gasteiger partial charge is 0.354 e. The summed E-state index contributed by atoms with van der Waals surface area (Å²) in [6, 6.07) is 8.98. The third-order valence-electron chi connectivity index (χ3n) is 4.84. The first kappa shape index (κ1) is 17.0. The van der Waals surface area contributed by atoms with E-state index in [1.165, 1.54) is 36.8 Å². The molecule has 0 radical (unpaired) electrons. The molecular weight excluding hydrogens is 272 g/mol. The van der Waals surface area contributed by atoms with E-state index in [1.54, 1.807) is 0 Å². The molecule has 122 valence electrons. The van der Waals surface area contributed by atoms with E-state index < -0.39 is 0 Å². The van der Waals surface area contributed by atoms with Gasteiger partial charge in [0.2, 0.25) is 5.91 Å². The predicted molar refractivity (Wildman–Crippen MR) is 91.8 cm³/mol. The number of carbonyl (C=O) groups excluding carboxylic acids is 1. The van der Waals surface area contributed by atoms with Crippen LogP contribution in [0.3, 0.4) is 0 Å². The summed E-state index contributed by atoms with van der Waals surface area (Å²) in [6.07, 6.45) is 6.80. The number of hydrogen-bond donors (Lipinski definition) is 1. The Hall–Kier alpha value is -1.35. The molecule has 1 unspecified atom stereocenters. The summed E-state index contributed by atoms with van der Waals surface area (Å²) in [5.41, 5.74) is 2.62. The van der Waals surface area contributed by atoms with Crippen LogP contribution < -0.4 is 5.32 Å². The molecular formula is C19H30N2O. The lowest BCUT2D eigenvalue weighted by molar-refractivity contribution is -0.122. The molecule has 0 bridgehead atoms. The Bertz CT molecular complexity index is 461. The molecule has 0 saturated heterocycles. The van der Waals surface area contributed by atoms with Gasteiger partial charge in [-0.2, -0.15) is 0 Å². The molecule has 1 fully saturated rings. The van der Waals surface area contributed by atoms with Crippen molar-refractivity contribution in [3.05, 3.63) is 35.4 Å².